The molecular formula is C19H24N4O4. The maximum atomic E-state index is 11.9. The molecule has 3 rings (SSSR count). The highest BCUT2D eigenvalue weighted by atomic mass is 16.5. The zero-order chi connectivity index (χ0) is 19.2. The number of hydrogen-bond donors (Lipinski definition) is 2. The number of carbonyl (C=O) groups is 2. The van der Waals surface area contributed by atoms with Crippen LogP contribution in [0.25, 0.3) is 0 Å². The molecule has 1 saturated heterocycles. The highest BCUT2D eigenvalue weighted by Gasteiger charge is 2.22. The van der Waals surface area contributed by atoms with E-state index in [0.717, 1.165) is 24.5 Å². The second-order valence-corrected chi connectivity index (χ2v) is 6.62. The molecule has 2 aromatic rings. The molecule has 0 aromatic carbocycles. The lowest BCUT2D eigenvalue weighted by atomic mass is 10.2. The first-order valence-electron chi connectivity index (χ1n) is 8.95. The summed E-state index contributed by atoms with van der Waals surface area (Å²) in [6.45, 7) is 5.95. The van der Waals surface area contributed by atoms with E-state index >= 15 is 0 Å². The molecule has 8 heteroatoms. The Labute approximate surface area is 157 Å². The van der Waals surface area contributed by atoms with Gasteiger partial charge in [0.25, 0.3) is 5.91 Å². The number of ether oxygens (including phenoxy) is 1. The van der Waals surface area contributed by atoms with Crippen LogP contribution in [0, 0.1) is 0 Å². The normalized spacial score (nSPS) is 19.6. The standard InChI is InChI=1S/C19H24N4O4/c1-13-11-23(12-14(2)27-13)17-6-5-15(8-20-17)9-21-18(24)10-22-19(25)16-4-3-7-26-16/h3-8,13-14H,9-12H2,1-2H3,(H,21,24)(H,22,25)/t13-,14+. The lowest BCUT2D eigenvalue weighted by molar-refractivity contribution is -0.120. The van der Waals surface area contributed by atoms with Crippen LogP contribution in [0.3, 0.4) is 0 Å². The van der Waals surface area contributed by atoms with Crippen molar-refractivity contribution in [2.75, 3.05) is 24.5 Å². The maximum absolute atomic E-state index is 11.9. The predicted octanol–water partition coefficient (Wildman–Crippen LogP) is 1.33. The molecule has 2 N–H and O–H groups in total. The summed E-state index contributed by atoms with van der Waals surface area (Å²) in [6, 6.07) is 7.04. The summed E-state index contributed by atoms with van der Waals surface area (Å²) < 4.78 is 10.7. The molecule has 8 nitrogen and oxygen atoms in total. The first-order valence-corrected chi connectivity index (χ1v) is 8.95. The number of nitrogens with one attached hydrogen (secondary N) is 2. The average Bonchev–Trinajstić information content (AvgIpc) is 3.19. The number of anilines is 1. The predicted molar refractivity (Wildman–Crippen MR) is 99.3 cm³/mol. The SMILES string of the molecule is C[C@@H]1CN(c2ccc(CNC(=O)CNC(=O)c3ccco3)cn2)C[C@H](C)O1. The molecular weight excluding hydrogens is 348 g/mol. The number of amides is 2. The van der Waals surface area contributed by atoms with Gasteiger partial charge in [-0.25, -0.2) is 4.98 Å². The summed E-state index contributed by atoms with van der Waals surface area (Å²) >= 11 is 0. The minimum Gasteiger partial charge on any atom is -0.459 e. The molecule has 0 spiro atoms. The van der Waals surface area contributed by atoms with Gasteiger partial charge in [-0.05, 0) is 37.6 Å². The summed E-state index contributed by atoms with van der Waals surface area (Å²) in [6.07, 6.45) is 3.50. The van der Waals surface area contributed by atoms with Crippen molar-refractivity contribution in [2.24, 2.45) is 0 Å². The van der Waals surface area contributed by atoms with Crippen molar-refractivity contribution in [3.63, 3.8) is 0 Å². The lowest BCUT2D eigenvalue weighted by Crippen LogP contribution is -2.45. The van der Waals surface area contributed by atoms with Gasteiger partial charge in [0.1, 0.15) is 5.82 Å². The van der Waals surface area contributed by atoms with E-state index < -0.39 is 5.91 Å². The van der Waals surface area contributed by atoms with Gasteiger partial charge in [0, 0.05) is 25.8 Å². The minimum atomic E-state index is -0.421. The largest absolute Gasteiger partial charge is 0.459 e. The Morgan fingerprint density at radius 3 is 2.59 bits per heavy atom. The fourth-order valence-electron chi connectivity index (χ4n) is 2.99. The lowest BCUT2D eigenvalue weighted by Gasteiger charge is -2.36. The highest BCUT2D eigenvalue weighted by Crippen LogP contribution is 2.18. The molecule has 144 valence electrons. The van der Waals surface area contributed by atoms with E-state index in [1.54, 1.807) is 12.3 Å². The molecule has 0 bridgehead atoms. The third-order valence-corrected chi connectivity index (χ3v) is 4.20. The van der Waals surface area contributed by atoms with Gasteiger partial charge < -0.3 is 24.7 Å². The van der Waals surface area contributed by atoms with Crippen LogP contribution >= 0.6 is 0 Å². The molecule has 2 atom stereocenters. The molecule has 1 aliphatic rings. The number of hydrogen-bond acceptors (Lipinski definition) is 6. The van der Waals surface area contributed by atoms with E-state index in [0.29, 0.717) is 6.54 Å². The zero-order valence-electron chi connectivity index (χ0n) is 15.5. The van der Waals surface area contributed by atoms with Crippen LogP contribution in [0.4, 0.5) is 5.82 Å². The van der Waals surface area contributed by atoms with E-state index in [2.05, 4.69) is 34.4 Å². The van der Waals surface area contributed by atoms with Crippen LogP contribution in [0.15, 0.2) is 41.1 Å². The van der Waals surface area contributed by atoms with Crippen LogP contribution in [0.1, 0.15) is 30.0 Å². The van der Waals surface area contributed by atoms with Crippen molar-refractivity contribution in [1.29, 1.82) is 0 Å². The Morgan fingerprint density at radius 2 is 1.96 bits per heavy atom. The van der Waals surface area contributed by atoms with Gasteiger partial charge in [-0.15, -0.1) is 0 Å². The van der Waals surface area contributed by atoms with Crippen LogP contribution in [0.5, 0.6) is 0 Å². The van der Waals surface area contributed by atoms with Gasteiger partial charge in [0.2, 0.25) is 5.91 Å². The number of carbonyl (C=O) groups excluding carboxylic acids is 2. The van der Waals surface area contributed by atoms with Crippen molar-refractivity contribution in [3.05, 3.63) is 48.0 Å². The van der Waals surface area contributed by atoms with Crippen LogP contribution in [0.2, 0.25) is 0 Å². The third kappa shape index (κ3) is 5.30. The Balaban J connectivity index is 1.44. The monoisotopic (exact) mass is 372 g/mol. The van der Waals surface area contributed by atoms with E-state index in [9.17, 15) is 9.59 Å². The number of pyridine rings is 1. The highest BCUT2D eigenvalue weighted by molar-refractivity contribution is 5.94. The maximum Gasteiger partial charge on any atom is 0.287 e. The first-order chi connectivity index (χ1) is 13.0. The second-order valence-electron chi connectivity index (χ2n) is 6.62. The summed E-state index contributed by atoms with van der Waals surface area (Å²) in [5.41, 5.74) is 0.888. The molecule has 0 saturated carbocycles. The van der Waals surface area contributed by atoms with Gasteiger partial charge in [0.05, 0.1) is 25.0 Å². The van der Waals surface area contributed by atoms with E-state index in [-0.39, 0.29) is 30.4 Å². The van der Waals surface area contributed by atoms with Crippen molar-refractivity contribution in [1.82, 2.24) is 15.6 Å². The molecule has 27 heavy (non-hydrogen) atoms. The Hall–Kier alpha value is -2.87. The molecule has 0 unspecified atom stereocenters. The molecule has 1 fully saturated rings. The van der Waals surface area contributed by atoms with Crippen LogP contribution < -0.4 is 15.5 Å². The quantitative estimate of drug-likeness (QED) is 0.794. The van der Waals surface area contributed by atoms with Gasteiger partial charge in [-0.2, -0.15) is 0 Å². The Morgan fingerprint density at radius 1 is 1.19 bits per heavy atom. The summed E-state index contributed by atoms with van der Waals surface area (Å²) in [5.74, 6) is 0.372. The summed E-state index contributed by atoms with van der Waals surface area (Å²) in [5, 5.41) is 5.26. The van der Waals surface area contributed by atoms with Crippen molar-refractivity contribution >= 4 is 17.6 Å². The second kappa shape index (κ2) is 8.68. The molecule has 3 heterocycles. The van der Waals surface area contributed by atoms with E-state index in [1.165, 1.54) is 12.3 Å². The third-order valence-electron chi connectivity index (χ3n) is 4.20. The van der Waals surface area contributed by atoms with Gasteiger partial charge in [0.15, 0.2) is 5.76 Å². The Bertz CT molecular complexity index is 751. The summed E-state index contributed by atoms with van der Waals surface area (Å²) in [7, 11) is 0. The fourth-order valence-corrected chi connectivity index (χ4v) is 2.99. The summed E-state index contributed by atoms with van der Waals surface area (Å²) in [4.78, 5) is 30.3. The fraction of sp³-hybridized carbons (Fsp3) is 0.421. The van der Waals surface area contributed by atoms with Crippen LogP contribution in [-0.2, 0) is 16.1 Å². The van der Waals surface area contributed by atoms with Gasteiger partial charge in [-0.1, -0.05) is 6.07 Å². The average molecular weight is 372 g/mol. The number of morpholine rings is 1. The smallest absolute Gasteiger partial charge is 0.287 e. The molecule has 0 aliphatic carbocycles. The first kappa shape index (κ1) is 18.9. The number of furan rings is 1. The van der Waals surface area contributed by atoms with E-state index in [4.69, 9.17) is 9.15 Å². The van der Waals surface area contributed by atoms with Crippen molar-refractivity contribution < 1.29 is 18.7 Å². The van der Waals surface area contributed by atoms with Crippen molar-refractivity contribution in [3.8, 4) is 0 Å². The van der Waals surface area contributed by atoms with Crippen molar-refractivity contribution in [2.45, 2.75) is 32.6 Å². The molecule has 1 aliphatic heterocycles. The topological polar surface area (TPSA) is 96.7 Å². The number of nitrogens with zero attached hydrogens (tertiary/aromatic N) is 2. The number of rotatable bonds is 6. The molecule has 2 aromatic heterocycles. The zero-order valence-corrected chi connectivity index (χ0v) is 15.5. The van der Waals surface area contributed by atoms with Gasteiger partial charge in [-0.3, -0.25) is 9.59 Å². The van der Waals surface area contributed by atoms with Crippen LogP contribution in [-0.4, -0.2) is 48.6 Å². The van der Waals surface area contributed by atoms with Gasteiger partial charge >= 0.3 is 0 Å². The Kier molecular flexibility index (Phi) is 6.08. The molecule has 0 radical (unpaired) electrons. The minimum absolute atomic E-state index is 0.116. The molecule has 2 amide bonds. The van der Waals surface area contributed by atoms with E-state index in [1.807, 2.05) is 12.1 Å². The number of aromatic nitrogens is 1.